The Labute approximate surface area is 122 Å². The van der Waals surface area contributed by atoms with Crippen molar-refractivity contribution < 1.29 is 9.64 Å². The fourth-order valence-electron chi connectivity index (χ4n) is 2.48. The van der Waals surface area contributed by atoms with Crippen LogP contribution in [-0.4, -0.2) is 42.3 Å². The number of likely N-dealkylation sites (N-methyl/N-ethyl adjacent to an activating group) is 1. The molecule has 0 atom stereocenters. The third kappa shape index (κ3) is 2.27. The van der Waals surface area contributed by atoms with Crippen LogP contribution in [0.1, 0.15) is 0 Å². The van der Waals surface area contributed by atoms with Crippen LogP contribution in [0.5, 0.6) is 5.75 Å². The number of aromatic nitrogens is 3. The van der Waals surface area contributed by atoms with Crippen molar-refractivity contribution in [3.8, 4) is 5.75 Å². The number of quaternary nitrogens is 1. The number of methoxy groups -OCH3 is 1. The summed E-state index contributed by atoms with van der Waals surface area (Å²) in [5.41, 5.74) is 2.02. The summed E-state index contributed by atoms with van der Waals surface area (Å²) in [6.07, 6.45) is 1.62. The molecule has 0 amide bonds. The Morgan fingerprint density at radius 3 is 2.90 bits per heavy atom. The van der Waals surface area contributed by atoms with Gasteiger partial charge in [-0.05, 0) is 12.1 Å². The lowest BCUT2D eigenvalue weighted by atomic mass is 10.2. The van der Waals surface area contributed by atoms with Gasteiger partial charge in [-0.3, -0.25) is 9.36 Å². The highest BCUT2D eigenvalue weighted by Gasteiger charge is 2.14. The number of benzene rings is 1. The van der Waals surface area contributed by atoms with Gasteiger partial charge in [0.25, 0.3) is 5.56 Å². The van der Waals surface area contributed by atoms with Crippen molar-refractivity contribution in [3.63, 3.8) is 0 Å². The number of nitrogens with zero attached hydrogens (tertiary/aromatic N) is 2. The number of rotatable bonds is 4. The summed E-state index contributed by atoms with van der Waals surface area (Å²) in [5.74, 6) is 0.723. The van der Waals surface area contributed by atoms with Crippen LogP contribution >= 0.6 is 0 Å². The molecular weight excluding hydrogens is 268 g/mol. The Morgan fingerprint density at radius 1 is 1.38 bits per heavy atom. The molecule has 0 aliphatic rings. The van der Waals surface area contributed by atoms with Crippen LogP contribution in [0.4, 0.5) is 0 Å². The van der Waals surface area contributed by atoms with Crippen LogP contribution in [0.15, 0.2) is 29.3 Å². The van der Waals surface area contributed by atoms with Crippen LogP contribution in [0.2, 0.25) is 0 Å². The van der Waals surface area contributed by atoms with Crippen molar-refractivity contribution in [1.82, 2.24) is 14.5 Å². The maximum atomic E-state index is 12.6. The standard InChI is InChI=1S/C15H18N4O2/c1-18(2)7-8-19-9-16-13-12-10(17-14(13)15(19)20)5-4-6-11(12)21-3/h4-6,9,17H,7-8H2,1-3H3/p+1. The van der Waals surface area contributed by atoms with Gasteiger partial charge in [-0.25, -0.2) is 4.98 Å². The smallest absolute Gasteiger partial charge is 0.277 e. The zero-order valence-electron chi connectivity index (χ0n) is 12.4. The molecule has 2 N–H and O–H groups in total. The minimum Gasteiger partial charge on any atom is -0.496 e. The highest BCUT2D eigenvalue weighted by atomic mass is 16.5. The first-order chi connectivity index (χ1) is 10.1. The van der Waals surface area contributed by atoms with Crippen molar-refractivity contribution in [1.29, 1.82) is 0 Å². The molecule has 0 spiro atoms. The average Bonchev–Trinajstić information content (AvgIpc) is 2.86. The number of hydrogen-bond donors (Lipinski definition) is 2. The second kappa shape index (κ2) is 5.21. The third-order valence-electron chi connectivity index (χ3n) is 3.63. The number of aromatic amines is 1. The maximum absolute atomic E-state index is 12.6. The Kier molecular flexibility index (Phi) is 3.39. The molecule has 3 rings (SSSR count). The first kappa shape index (κ1) is 13.6. The predicted octanol–water partition coefficient (Wildman–Crippen LogP) is 0.0309. The molecule has 0 saturated heterocycles. The molecule has 0 aliphatic carbocycles. The predicted molar refractivity (Wildman–Crippen MR) is 82.1 cm³/mol. The molecule has 0 saturated carbocycles. The van der Waals surface area contributed by atoms with E-state index in [1.54, 1.807) is 18.0 Å². The van der Waals surface area contributed by atoms with Crippen molar-refractivity contribution in [2.45, 2.75) is 6.54 Å². The second-order valence-electron chi connectivity index (χ2n) is 5.43. The minimum atomic E-state index is -0.0421. The van der Waals surface area contributed by atoms with Gasteiger partial charge in [-0.15, -0.1) is 0 Å². The molecule has 0 fully saturated rings. The van der Waals surface area contributed by atoms with Crippen molar-refractivity contribution in [2.75, 3.05) is 27.7 Å². The molecule has 110 valence electrons. The molecular formula is C15H19N4O2+. The molecule has 0 bridgehead atoms. The van der Waals surface area contributed by atoms with E-state index < -0.39 is 0 Å². The van der Waals surface area contributed by atoms with E-state index in [2.05, 4.69) is 24.1 Å². The Balaban J connectivity index is 2.21. The zero-order chi connectivity index (χ0) is 15.0. The minimum absolute atomic E-state index is 0.0421. The summed E-state index contributed by atoms with van der Waals surface area (Å²) in [6.45, 7) is 1.52. The summed E-state index contributed by atoms with van der Waals surface area (Å²) in [6, 6.07) is 5.69. The van der Waals surface area contributed by atoms with Gasteiger partial charge in [0.15, 0.2) is 0 Å². The molecule has 3 aromatic rings. The van der Waals surface area contributed by atoms with Crippen LogP contribution in [0, 0.1) is 0 Å². The molecule has 21 heavy (non-hydrogen) atoms. The highest BCUT2D eigenvalue weighted by Crippen LogP contribution is 2.30. The monoisotopic (exact) mass is 287 g/mol. The largest absolute Gasteiger partial charge is 0.496 e. The molecule has 0 unspecified atom stereocenters. The molecule has 2 aromatic heterocycles. The van der Waals surface area contributed by atoms with Gasteiger partial charge in [0.2, 0.25) is 0 Å². The van der Waals surface area contributed by atoms with E-state index in [1.165, 1.54) is 4.90 Å². The lowest BCUT2D eigenvalue weighted by molar-refractivity contribution is -0.858. The number of ether oxygens (including phenoxy) is 1. The molecule has 0 aliphatic heterocycles. The Bertz CT molecular complexity index is 848. The van der Waals surface area contributed by atoms with Gasteiger partial charge in [0.1, 0.15) is 16.8 Å². The van der Waals surface area contributed by atoms with E-state index in [4.69, 9.17) is 4.74 Å². The lowest BCUT2D eigenvalue weighted by Gasteiger charge is -2.08. The van der Waals surface area contributed by atoms with Crippen molar-refractivity contribution in [3.05, 3.63) is 34.9 Å². The van der Waals surface area contributed by atoms with Crippen LogP contribution in [0.3, 0.4) is 0 Å². The lowest BCUT2D eigenvalue weighted by Crippen LogP contribution is -3.06. The van der Waals surface area contributed by atoms with Gasteiger partial charge in [-0.1, -0.05) is 6.07 Å². The van der Waals surface area contributed by atoms with Gasteiger partial charge in [0, 0.05) is 0 Å². The van der Waals surface area contributed by atoms with Gasteiger partial charge >= 0.3 is 0 Å². The SMILES string of the molecule is COc1cccc2[nH]c3c(=O)n(CC[NH+](C)C)cnc3c12. The fourth-order valence-corrected chi connectivity index (χ4v) is 2.48. The topological polar surface area (TPSA) is 64.3 Å². The summed E-state index contributed by atoms with van der Waals surface area (Å²) in [4.78, 5) is 21.5. The summed E-state index contributed by atoms with van der Waals surface area (Å²) in [5, 5.41) is 0.859. The van der Waals surface area contributed by atoms with Gasteiger partial charge < -0.3 is 14.6 Å². The zero-order valence-corrected chi connectivity index (χ0v) is 12.4. The van der Waals surface area contributed by atoms with Gasteiger partial charge in [0.05, 0.1) is 51.5 Å². The van der Waals surface area contributed by atoms with E-state index in [1.807, 2.05) is 18.2 Å². The maximum Gasteiger partial charge on any atom is 0.277 e. The molecule has 2 heterocycles. The first-order valence-corrected chi connectivity index (χ1v) is 6.94. The highest BCUT2D eigenvalue weighted by molar-refractivity contribution is 6.07. The number of H-pyrrole nitrogens is 1. The summed E-state index contributed by atoms with van der Waals surface area (Å²) < 4.78 is 7.02. The first-order valence-electron chi connectivity index (χ1n) is 6.94. The van der Waals surface area contributed by atoms with E-state index in [0.717, 1.165) is 23.2 Å². The van der Waals surface area contributed by atoms with Crippen LogP contribution < -0.4 is 15.2 Å². The van der Waals surface area contributed by atoms with Crippen LogP contribution in [0.25, 0.3) is 21.9 Å². The van der Waals surface area contributed by atoms with E-state index in [0.29, 0.717) is 17.6 Å². The molecule has 6 heteroatoms. The number of hydrogen-bond acceptors (Lipinski definition) is 3. The Morgan fingerprint density at radius 2 is 2.19 bits per heavy atom. The van der Waals surface area contributed by atoms with Crippen molar-refractivity contribution in [2.24, 2.45) is 0 Å². The quantitative estimate of drug-likeness (QED) is 0.711. The van der Waals surface area contributed by atoms with E-state index in [-0.39, 0.29) is 5.56 Å². The molecule has 0 radical (unpaired) electrons. The molecule has 6 nitrogen and oxygen atoms in total. The average molecular weight is 287 g/mol. The summed E-state index contributed by atoms with van der Waals surface area (Å²) >= 11 is 0. The van der Waals surface area contributed by atoms with E-state index in [9.17, 15) is 4.79 Å². The number of nitrogens with one attached hydrogen (secondary N) is 2. The Hall–Kier alpha value is -2.34. The second-order valence-corrected chi connectivity index (χ2v) is 5.43. The fraction of sp³-hybridized carbons (Fsp3) is 0.333. The van der Waals surface area contributed by atoms with Crippen LogP contribution in [-0.2, 0) is 6.54 Å². The third-order valence-corrected chi connectivity index (χ3v) is 3.63. The summed E-state index contributed by atoms with van der Waals surface area (Å²) in [7, 11) is 5.74. The van der Waals surface area contributed by atoms with Crippen molar-refractivity contribution >= 4 is 21.9 Å². The van der Waals surface area contributed by atoms with Gasteiger partial charge in [-0.2, -0.15) is 0 Å². The molecule has 1 aromatic carbocycles. The van der Waals surface area contributed by atoms with E-state index >= 15 is 0 Å². The normalized spacial score (nSPS) is 11.6. The number of fused-ring (bicyclic) bond motifs is 3.